The maximum absolute atomic E-state index is 10.8. The Labute approximate surface area is 65.4 Å². The molecule has 1 rings (SSSR count). The van der Waals surface area contributed by atoms with Gasteiger partial charge in [-0.2, -0.15) is 0 Å². The Morgan fingerprint density at radius 1 is 1.64 bits per heavy atom. The number of hydrogen-bond donors (Lipinski definition) is 2. The molecule has 0 fully saturated rings. The minimum Gasteiger partial charge on any atom is -0.479 e. The molecular formula is C8H11NO2. The molecule has 0 bridgehead atoms. The van der Waals surface area contributed by atoms with Crippen molar-refractivity contribution in [2.24, 2.45) is 0 Å². The summed E-state index contributed by atoms with van der Waals surface area (Å²) < 4.78 is 0. The number of rotatable bonds is 2. The van der Waals surface area contributed by atoms with Gasteiger partial charge in [-0.3, -0.25) is 0 Å². The van der Waals surface area contributed by atoms with Crippen LogP contribution in [0.4, 0.5) is 0 Å². The summed E-state index contributed by atoms with van der Waals surface area (Å²) in [6.45, 7) is 1.84. The molecule has 1 aliphatic rings. The highest BCUT2D eigenvalue weighted by Crippen LogP contribution is 2.15. The lowest BCUT2D eigenvalue weighted by Gasteiger charge is -2.26. The van der Waals surface area contributed by atoms with E-state index in [1.54, 1.807) is 24.4 Å². The molecule has 11 heavy (non-hydrogen) atoms. The van der Waals surface area contributed by atoms with Gasteiger partial charge in [-0.25, -0.2) is 4.79 Å². The van der Waals surface area contributed by atoms with E-state index in [4.69, 9.17) is 5.11 Å². The van der Waals surface area contributed by atoms with Crippen molar-refractivity contribution in [2.45, 2.75) is 18.9 Å². The van der Waals surface area contributed by atoms with Crippen LogP contribution in [-0.4, -0.2) is 16.6 Å². The number of aliphatic carboxylic acids is 1. The van der Waals surface area contributed by atoms with Crippen LogP contribution in [0.25, 0.3) is 0 Å². The van der Waals surface area contributed by atoms with E-state index < -0.39 is 11.5 Å². The van der Waals surface area contributed by atoms with E-state index in [1.807, 2.05) is 6.92 Å². The first kappa shape index (κ1) is 7.85. The smallest absolute Gasteiger partial charge is 0.333 e. The van der Waals surface area contributed by atoms with Crippen LogP contribution in [-0.2, 0) is 4.79 Å². The van der Waals surface area contributed by atoms with Gasteiger partial charge in [-0.15, -0.1) is 0 Å². The molecule has 0 saturated carbocycles. The lowest BCUT2D eigenvalue weighted by molar-refractivity contribution is -0.142. The summed E-state index contributed by atoms with van der Waals surface area (Å²) in [6, 6.07) is 0. The minimum absolute atomic E-state index is 0.545. The Balaban J connectivity index is 2.85. The summed E-state index contributed by atoms with van der Waals surface area (Å²) >= 11 is 0. The second-order valence-corrected chi connectivity index (χ2v) is 2.49. The molecule has 0 aromatic carbocycles. The maximum atomic E-state index is 10.8. The van der Waals surface area contributed by atoms with Gasteiger partial charge in [0, 0.05) is 0 Å². The lowest BCUT2D eigenvalue weighted by atomic mass is 9.94. The van der Waals surface area contributed by atoms with Crippen molar-refractivity contribution >= 4 is 5.97 Å². The molecule has 0 aromatic rings. The normalized spacial score (nSPS) is 28.1. The third-order valence-electron chi connectivity index (χ3n) is 1.87. The first-order chi connectivity index (χ1) is 5.21. The van der Waals surface area contributed by atoms with Crippen LogP contribution in [0.2, 0.25) is 0 Å². The SMILES string of the molecule is CCC1(C(=O)O)C=CC=CN1. The van der Waals surface area contributed by atoms with Gasteiger partial charge in [-0.1, -0.05) is 13.0 Å². The monoisotopic (exact) mass is 153 g/mol. The molecule has 3 nitrogen and oxygen atoms in total. The molecule has 3 heteroatoms. The lowest BCUT2D eigenvalue weighted by Crippen LogP contribution is -2.48. The van der Waals surface area contributed by atoms with Crippen LogP contribution < -0.4 is 5.32 Å². The summed E-state index contributed by atoms with van der Waals surface area (Å²) in [6.07, 6.45) is 7.38. The zero-order valence-electron chi connectivity index (χ0n) is 6.37. The molecule has 1 heterocycles. The van der Waals surface area contributed by atoms with Gasteiger partial charge in [0.15, 0.2) is 5.54 Å². The zero-order chi connectivity index (χ0) is 8.32. The van der Waals surface area contributed by atoms with Gasteiger partial charge in [0.1, 0.15) is 0 Å². The Morgan fingerprint density at radius 3 is 2.64 bits per heavy atom. The van der Waals surface area contributed by atoms with Crippen molar-refractivity contribution in [2.75, 3.05) is 0 Å². The van der Waals surface area contributed by atoms with Crippen molar-refractivity contribution in [3.63, 3.8) is 0 Å². The van der Waals surface area contributed by atoms with E-state index in [2.05, 4.69) is 5.32 Å². The number of hydrogen-bond acceptors (Lipinski definition) is 2. The number of allylic oxidation sites excluding steroid dienone is 2. The Bertz CT molecular complexity index is 220. The summed E-state index contributed by atoms with van der Waals surface area (Å²) in [5, 5.41) is 11.7. The molecule has 2 N–H and O–H groups in total. The molecule has 0 aliphatic carbocycles. The standard InChI is InChI=1S/C8H11NO2/c1-2-8(7(10)11)5-3-4-6-9-8/h3-6,9H,2H2,1H3,(H,10,11). The minimum atomic E-state index is -0.880. The second kappa shape index (κ2) is 2.78. The third-order valence-corrected chi connectivity index (χ3v) is 1.87. The predicted molar refractivity (Wildman–Crippen MR) is 42.1 cm³/mol. The third kappa shape index (κ3) is 1.27. The van der Waals surface area contributed by atoms with Crippen molar-refractivity contribution in [1.29, 1.82) is 0 Å². The van der Waals surface area contributed by atoms with E-state index in [-0.39, 0.29) is 0 Å². The summed E-state index contributed by atoms with van der Waals surface area (Å²) in [4.78, 5) is 10.8. The number of carboxylic acid groups (broad SMARTS) is 1. The van der Waals surface area contributed by atoms with Gasteiger partial charge in [0.25, 0.3) is 0 Å². The highest BCUT2D eigenvalue weighted by Gasteiger charge is 2.33. The molecule has 0 radical (unpaired) electrons. The number of carboxylic acids is 1. The van der Waals surface area contributed by atoms with Gasteiger partial charge in [0.05, 0.1) is 0 Å². The first-order valence-corrected chi connectivity index (χ1v) is 3.57. The molecule has 0 spiro atoms. The quantitative estimate of drug-likeness (QED) is 0.619. The van der Waals surface area contributed by atoms with Gasteiger partial charge in [-0.05, 0) is 24.8 Å². The van der Waals surface area contributed by atoms with Crippen molar-refractivity contribution in [3.8, 4) is 0 Å². The molecule has 60 valence electrons. The van der Waals surface area contributed by atoms with Crippen molar-refractivity contribution in [1.82, 2.24) is 5.32 Å². The van der Waals surface area contributed by atoms with Crippen LogP contribution in [0.15, 0.2) is 24.4 Å². The van der Waals surface area contributed by atoms with Gasteiger partial charge < -0.3 is 10.4 Å². The van der Waals surface area contributed by atoms with Crippen molar-refractivity contribution in [3.05, 3.63) is 24.4 Å². The van der Waals surface area contributed by atoms with Crippen LogP contribution >= 0.6 is 0 Å². The Morgan fingerprint density at radius 2 is 2.36 bits per heavy atom. The number of dihydropyridines is 1. The second-order valence-electron chi connectivity index (χ2n) is 2.49. The number of nitrogens with one attached hydrogen (secondary N) is 1. The summed E-state index contributed by atoms with van der Waals surface area (Å²) in [5.41, 5.74) is -0.880. The van der Waals surface area contributed by atoms with Crippen LogP contribution in [0, 0.1) is 0 Å². The van der Waals surface area contributed by atoms with Gasteiger partial charge in [0.2, 0.25) is 0 Å². The molecule has 1 atom stereocenters. The number of carbonyl (C=O) groups is 1. The van der Waals surface area contributed by atoms with E-state index in [0.29, 0.717) is 6.42 Å². The fraction of sp³-hybridized carbons (Fsp3) is 0.375. The molecule has 0 aromatic heterocycles. The van der Waals surface area contributed by atoms with Crippen LogP contribution in [0.5, 0.6) is 0 Å². The maximum Gasteiger partial charge on any atom is 0.333 e. The van der Waals surface area contributed by atoms with Gasteiger partial charge >= 0.3 is 5.97 Å². The average Bonchev–Trinajstić information content (AvgIpc) is 2.05. The predicted octanol–water partition coefficient (Wildman–Crippen LogP) is 0.893. The zero-order valence-corrected chi connectivity index (χ0v) is 6.37. The van der Waals surface area contributed by atoms with E-state index in [9.17, 15) is 4.79 Å². The fourth-order valence-corrected chi connectivity index (χ4v) is 1.02. The topological polar surface area (TPSA) is 49.3 Å². The largest absolute Gasteiger partial charge is 0.479 e. The highest BCUT2D eigenvalue weighted by molar-refractivity contribution is 5.82. The van der Waals surface area contributed by atoms with Crippen LogP contribution in [0.3, 0.4) is 0 Å². The Hall–Kier alpha value is -1.25. The molecule has 1 unspecified atom stereocenters. The van der Waals surface area contributed by atoms with Crippen LogP contribution in [0.1, 0.15) is 13.3 Å². The van der Waals surface area contributed by atoms with E-state index >= 15 is 0 Å². The molecule has 0 amide bonds. The average molecular weight is 153 g/mol. The van der Waals surface area contributed by atoms with E-state index in [1.165, 1.54) is 0 Å². The fourth-order valence-electron chi connectivity index (χ4n) is 1.02. The van der Waals surface area contributed by atoms with E-state index in [0.717, 1.165) is 0 Å². The molecule has 0 saturated heterocycles. The summed E-state index contributed by atoms with van der Waals surface area (Å²) in [7, 11) is 0. The first-order valence-electron chi connectivity index (χ1n) is 3.57. The molecular weight excluding hydrogens is 142 g/mol. The highest BCUT2D eigenvalue weighted by atomic mass is 16.4. The van der Waals surface area contributed by atoms with Crippen molar-refractivity contribution < 1.29 is 9.90 Å². The summed E-state index contributed by atoms with van der Waals surface area (Å²) in [5.74, 6) is -0.833. The molecule has 1 aliphatic heterocycles. The Kier molecular flexibility index (Phi) is 1.98.